The SMILES string of the molecule is CCNC(=NCC1CCN(c2ccccc2OC)C1)NCCc1ccccn1. The molecular formula is C22H31N5O. The van der Waals surface area contributed by atoms with Crippen LogP contribution in [-0.2, 0) is 6.42 Å². The number of nitrogens with zero attached hydrogens (tertiary/aromatic N) is 3. The number of rotatable bonds is 8. The molecule has 3 rings (SSSR count). The fourth-order valence-corrected chi connectivity index (χ4v) is 3.51. The van der Waals surface area contributed by atoms with Crippen molar-refractivity contribution in [3.63, 3.8) is 0 Å². The molecule has 1 aliphatic rings. The van der Waals surface area contributed by atoms with Crippen LogP contribution in [0.1, 0.15) is 19.0 Å². The van der Waals surface area contributed by atoms with Gasteiger partial charge in [0.05, 0.1) is 12.8 Å². The lowest BCUT2D eigenvalue weighted by molar-refractivity contribution is 0.414. The third-order valence-corrected chi connectivity index (χ3v) is 4.96. The lowest BCUT2D eigenvalue weighted by Crippen LogP contribution is -2.38. The third-order valence-electron chi connectivity index (χ3n) is 4.96. The van der Waals surface area contributed by atoms with Gasteiger partial charge in [-0.3, -0.25) is 9.98 Å². The molecule has 2 N–H and O–H groups in total. The average molecular weight is 382 g/mol. The molecule has 0 spiro atoms. The third kappa shape index (κ3) is 5.62. The summed E-state index contributed by atoms with van der Waals surface area (Å²) in [6.07, 6.45) is 3.87. The molecule has 28 heavy (non-hydrogen) atoms. The first-order valence-electron chi connectivity index (χ1n) is 10.1. The number of pyridine rings is 1. The summed E-state index contributed by atoms with van der Waals surface area (Å²) >= 11 is 0. The molecule has 1 atom stereocenters. The van der Waals surface area contributed by atoms with Crippen LogP contribution in [0.2, 0.25) is 0 Å². The van der Waals surface area contributed by atoms with Crippen molar-refractivity contribution in [2.75, 3.05) is 44.7 Å². The number of guanidine groups is 1. The molecule has 0 radical (unpaired) electrons. The second-order valence-corrected chi connectivity index (χ2v) is 6.99. The Hall–Kier alpha value is -2.76. The van der Waals surface area contributed by atoms with Crippen LogP contribution < -0.4 is 20.3 Å². The highest BCUT2D eigenvalue weighted by atomic mass is 16.5. The van der Waals surface area contributed by atoms with E-state index in [9.17, 15) is 0 Å². The standard InChI is InChI=1S/C22H31N5O/c1-3-23-22(25-14-11-19-8-6-7-13-24-19)26-16-18-12-15-27(17-18)20-9-4-5-10-21(20)28-2/h4-10,13,18H,3,11-12,14-17H2,1-2H3,(H2,23,25,26). The quantitative estimate of drug-likeness (QED) is 0.544. The van der Waals surface area contributed by atoms with Crippen LogP contribution in [0.15, 0.2) is 53.7 Å². The van der Waals surface area contributed by atoms with Crippen molar-refractivity contribution < 1.29 is 4.74 Å². The lowest BCUT2D eigenvalue weighted by Gasteiger charge is -2.21. The van der Waals surface area contributed by atoms with Gasteiger partial charge in [-0.15, -0.1) is 0 Å². The molecule has 2 aromatic rings. The summed E-state index contributed by atoms with van der Waals surface area (Å²) in [5, 5.41) is 6.76. The zero-order valence-corrected chi connectivity index (χ0v) is 16.9. The fraction of sp³-hybridized carbons (Fsp3) is 0.455. The van der Waals surface area contributed by atoms with Gasteiger partial charge in [-0.05, 0) is 43.5 Å². The van der Waals surface area contributed by atoms with Crippen molar-refractivity contribution in [1.82, 2.24) is 15.6 Å². The van der Waals surface area contributed by atoms with Crippen LogP contribution in [0.3, 0.4) is 0 Å². The van der Waals surface area contributed by atoms with E-state index in [1.807, 2.05) is 30.5 Å². The molecule has 0 saturated carbocycles. The van der Waals surface area contributed by atoms with Crippen LogP contribution in [0.25, 0.3) is 0 Å². The van der Waals surface area contributed by atoms with Crippen LogP contribution >= 0.6 is 0 Å². The number of benzene rings is 1. The van der Waals surface area contributed by atoms with E-state index in [2.05, 4.69) is 45.6 Å². The molecule has 0 aliphatic carbocycles. The predicted molar refractivity (Wildman–Crippen MR) is 115 cm³/mol. The van der Waals surface area contributed by atoms with Gasteiger partial charge in [0.2, 0.25) is 0 Å². The minimum absolute atomic E-state index is 0.552. The number of nitrogens with one attached hydrogen (secondary N) is 2. The number of hydrogen-bond acceptors (Lipinski definition) is 4. The first-order chi connectivity index (χ1) is 13.8. The molecule has 6 heteroatoms. The molecule has 150 valence electrons. The van der Waals surface area contributed by atoms with E-state index < -0.39 is 0 Å². The first kappa shape index (κ1) is 20.0. The van der Waals surface area contributed by atoms with Gasteiger partial charge in [-0.1, -0.05) is 18.2 Å². The van der Waals surface area contributed by atoms with E-state index in [0.29, 0.717) is 5.92 Å². The van der Waals surface area contributed by atoms with Gasteiger partial charge in [0.25, 0.3) is 0 Å². The van der Waals surface area contributed by atoms with Gasteiger partial charge in [-0.2, -0.15) is 0 Å². The zero-order valence-electron chi connectivity index (χ0n) is 16.9. The molecule has 0 bridgehead atoms. The van der Waals surface area contributed by atoms with Gasteiger partial charge in [-0.25, -0.2) is 0 Å². The highest BCUT2D eigenvalue weighted by Crippen LogP contribution is 2.31. The molecule has 1 aromatic heterocycles. The fourth-order valence-electron chi connectivity index (χ4n) is 3.51. The number of para-hydroxylation sites is 2. The maximum absolute atomic E-state index is 5.51. The lowest BCUT2D eigenvalue weighted by atomic mass is 10.1. The minimum atomic E-state index is 0.552. The van der Waals surface area contributed by atoms with E-state index in [4.69, 9.17) is 9.73 Å². The number of aliphatic imine (C=N–C) groups is 1. The summed E-state index contributed by atoms with van der Waals surface area (Å²) in [6, 6.07) is 14.3. The summed E-state index contributed by atoms with van der Waals surface area (Å²) in [7, 11) is 1.73. The van der Waals surface area contributed by atoms with Crippen molar-refractivity contribution in [2.45, 2.75) is 19.8 Å². The highest BCUT2D eigenvalue weighted by Gasteiger charge is 2.24. The van der Waals surface area contributed by atoms with Crippen LogP contribution in [-0.4, -0.2) is 50.8 Å². The van der Waals surface area contributed by atoms with Crippen LogP contribution in [0, 0.1) is 5.92 Å². The Morgan fingerprint density at radius 2 is 2.07 bits per heavy atom. The monoisotopic (exact) mass is 381 g/mol. The Morgan fingerprint density at radius 1 is 1.21 bits per heavy atom. The van der Waals surface area contributed by atoms with Gasteiger partial charge in [0.1, 0.15) is 5.75 Å². The Balaban J connectivity index is 1.50. The first-order valence-corrected chi connectivity index (χ1v) is 10.1. The summed E-state index contributed by atoms with van der Waals surface area (Å²) < 4.78 is 5.51. The maximum Gasteiger partial charge on any atom is 0.191 e. The second kappa shape index (κ2) is 10.5. The van der Waals surface area contributed by atoms with E-state index in [0.717, 1.165) is 63.0 Å². The van der Waals surface area contributed by atoms with Crippen molar-refractivity contribution >= 4 is 11.6 Å². The van der Waals surface area contributed by atoms with Gasteiger partial charge < -0.3 is 20.3 Å². The van der Waals surface area contributed by atoms with Gasteiger partial charge in [0.15, 0.2) is 5.96 Å². The number of anilines is 1. The largest absolute Gasteiger partial charge is 0.495 e. The summed E-state index contributed by atoms with van der Waals surface area (Å²) in [5.41, 5.74) is 2.27. The number of aromatic nitrogens is 1. The molecule has 0 amide bonds. The second-order valence-electron chi connectivity index (χ2n) is 6.99. The topological polar surface area (TPSA) is 61.8 Å². The van der Waals surface area contributed by atoms with E-state index >= 15 is 0 Å². The van der Waals surface area contributed by atoms with E-state index in [1.54, 1.807) is 7.11 Å². The Morgan fingerprint density at radius 3 is 2.86 bits per heavy atom. The summed E-state index contributed by atoms with van der Waals surface area (Å²) in [5.74, 6) is 2.38. The highest BCUT2D eigenvalue weighted by molar-refractivity contribution is 5.79. The molecule has 1 unspecified atom stereocenters. The molecule has 1 aliphatic heterocycles. The smallest absolute Gasteiger partial charge is 0.191 e. The molecule has 2 heterocycles. The van der Waals surface area contributed by atoms with E-state index in [-0.39, 0.29) is 0 Å². The number of ether oxygens (including phenoxy) is 1. The Labute approximate surface area is 168 Å². The van der Waals surface area contributed by atoms with Crippen molar-refractivity contribution in [1.29, 1.82) is 0 Å². The molecular weight excluding hydrogens is 350 g/mol. The molecule has 6 nitrogen and oxygen atoms in total. The predicted octanol–water partition coefficient (Wildman–Crippen LogP) is 2.71. The van der Waals surface area contributed by atoms with E-state index in [1.165, 1.54) is 5.69 Å². The average Bonchev–Trinajstić information content (AvgIpc) is 3.21. The minimum Gasteiger partial charge on any atom is -0.495 e. The van der Waals surface area contributed by atoms with Gasteiger partial charge in [0, 0.05) is 51.0 Å². The van der Waals surface area contributed by atoms with Crippen molar-refractivity contribution in [2.24, 2.45) is 10.9 Å². The normalized spacial score (nSPS) is 16.9. The summed E-state index contributed by atoms with van der Waals surface area (Å²) in [4.78, 5) is 11.6. The molecule has 1 aromatic carbocycles. The number of hydrogen-bond donors (Lipinski definition) is 2. The van der Waals surface area contributed by atoms with Gasteiger partial charge >= 0.3 is 0 Å². The van der Waals surface area contributed by atoms with Crippen molar-refractivity contribution in [3.8, 4) is 5.75 Å². The Kier molecular flexibility index (Phi) is 7.53. The maximum atomic E-state index is 5.51. The molecule has 1 fully saturated rings. The van der Waals surface area contributed by atoms with Crippen molar-refractivity contribution in [3.05, 3.63) is 54.4 Å². The van der Waals surface area contributed by atoms with Crippen LogP contribution in [0.4, 0.5) is 5.69 Å². The zero-order chi connectivity index (χ0) is 19.6. The van der Waals surface area contributed by atoms with Crippen LogP contribution in [0.5, 0.6) is 5.75 Å². The Bertz CT molecular complexity index is 750. The molecule has 1 saturated heterocycles. The number of methoxy groups -OCH3 is 1. The summed E-state index contributed by atoms with van der Waals surface area (Å²) in [6.45, 7) is 6.65.